The number of aliphatic imine (C=N–C) groups is 1. The van der Waals surface area contributed by atoms with E-state index in [2.05, 4.69) is 10.3 Å². The Kier molecular flexibility index (Phi) is 6.65. The van der Waals surface area contributed by atoms with Crippen LogP contribution in [-0.4, -0.2) is 25.8 Å². The molecule has 28 heavy (non-hydrogen) atoms. The molecule has 0 aromatic heterocycles. The molecule has 1 amide bonds. The number of ether oxygens (including phenoxy) is 2. The van der Waals surface area contributed by atoms with E-state index in [9.17, 15) is 4.79 Å². The SMILES string of the molecule is COc1cccc(N=Cc2ccc(OCC(=O)Nc3ccccc3Cl)cc2)c1. The van der Waals surface area contributed by atoms with Crippen LogP contribution in [0.3, 0.4) is 0 Å². The summed E-state index contributed by atoms with van der Waals surface area (Å²) in [4.78, 5) is 16.4. The normalized spacial score (nSPS) is 10.6. The molecule has 0 radical (unpaired) electrons. The molecule has 3 aromatic carbocycles. The number of amides is 1. The van der Waals surface area contributed by atoms with Crippen molar-refractivity contribution in [3.63, 3.8) is 0 Å². The molecule has 0 unspecified atom stereocenters. The number of carbonyl (C=O) groups excluding carboxylic acids is 1. The zero-order valence-corrected chi connectivity index (χ0v) is 16.0. The summed E-state index contributed by atoms with van der Waals surface area (Å²) >= 11 is 6.02. The smallest absolute Gasteiger partial charge is 0.262 e. The highest BCUT2D eigenvalue weighted by Crippen LogP contribution is 2.21. The van der Waals surface area contributed by atoms with Crippen LogP contribution >= 0.6 is 11.6 Å². The van der Waals surface area contributed by atoms with Crippen LogP contribution in [0.5, 0.6) is 11.5 Å². The first kappa shape index (κ1) is 19.5. The number of halogens is 1. The number of hydrogen-bond donors (Lipinski definition) is 1. The van der Waals surface area contributed by atoms with Crippen molar-refractivity contribution in [1.29, 1.82) is 0 Å². The van der Waals surface area contributed by atoms with Gasteiger partial charge in [0.05, 0.1) is 23.5 Å². The Hall–Kier alpha value is -3.31. The quantitative estimate of drug-likeness (QED) is 0.566. The lowest BCUT2D eigenvalue weighted by atomic mass is 10.2. The molecule has 0 aliphatic carbocycles. The molecule has 0 atom stereocenters. The maximum atomic E-state index is 12.0. The first-order chi connectivity index (χ1) is 13.6. The summed E-state index contributed by atoms with van der Waals surface area (Å²) in [5, 5.41) is 3.19. The van der Waals surface area contributed by atoms with Crippen molar-refractivity contribution in [2.24, 2.45) is 4.99 Å². The molecule has 3 aromatic rings. The van der Waals surface area contributed by atoms with Crippen LogP contribution in [-0.2, 0) is 4.79 Å². The summed E-state index contributed by atoms with van der Waals surface area (Å²) in [7, 11) is 1.62. The number of nitrogens with zero attached hydrogens (tertiary/aromatic N) is 1. The van der Waals surface area contributed by atoms with Gasteiger partial charge in [-0.15, -0.1) is 0 Å². The van der Waals surface area contributed by atoms with Gasteiger partial charge in [0.15, 0.2) is 6.61 Å². The highest BCUT2D eigenvalue weighted by molar-refractivity contribution is 6.33. The maximum absolute atomic E-state index is 12.0. The minimum absolute atomic E-state index is 0.109. The molecule has 0 spiro atoms. The van der Waals surface area contributed by atoms with Crippen LogP contribution < -0.4 is 14.8 Å². The summed E-state index contributed by atoms with van der Waals surface area (Å²) < 4.78 is 10.7. The highest BCUT2D eigenvalue weighted by Gasteiger charge is 2.06. The Morgan fingerprint density at radius 3 is 2.57 bits per heavy atom. The van der Waals surface area contributed by atoms with Gasteiger partial charge in [-0.2, -0.15) is 0 Å². The first-order valence-corrected chi connectivity index (χ1v) is 8.97. The fourth-order valence-corrected chi connectivity index (χ4v) is 2.57. The van der Waals surface area contributed by atoms with Gasteiger partial charge in [-0.3, -0.25) is 9.79 Å². The van der Waals surface area contributed by atoms with Crippen molar-refractivity contribution >= 4 is 35.1 Å². The van der Waals surface area contributed by atoms with Crippen LogP contribution in [0.1, 0.15) is 5.56 Å². The summed E-state index contributed by atoms with van der Waals surface area (Å²) in [6.45, 7) is -0.109. The Morgan fingerprint density at radius 2 is 1.82 bits per heavy atom. The van der Waals surface area contributed by atoms with Crippen LogP contribution in [0.2, 0.25) is 5.02 Å². The van der Waals surface area contributed by atoms with E-state index in [4.69, 9.17) is 21.1 Å². The van der Waals surface area contributed by atoms with E-state index in [1.54, 1.807) is 49.7 Å². The van der Waals surface area contributed by atoms with E-state index in [1.165, 1.54) is 0 Å². The van der Waals surface area contributed by atoms with E-state index in [-0.39, 0.29) is 12.5 Å². The topological polar surface area (TPSA) is 59.9 Å². The van der Waals surface area contributed by atoms with Gasteiger partial charge in [0.1, 0.15) is 11.5 Å². The number of rotatable bonds is 7. The van der Waals surface area contributed by atoms with E-state index in [0.29, 0.717) is 16.5 Å². The van der Waals surface area contributed by atoms with Crippen molar-refractivity contribution < 1.29 is 14.3 Å². The predicted molar refractivity (Wildman–Crippen MR) is 112 cm³/mol. The van der Waals surface area contributed by atoms with Gasteiger partial charge in [-0.25, -0.2) is 0 Å². The molecule has 5 nitrogen and oxygen atoms in total. The van der Waals surface area contributed by atoms with Gasteiger partial charge in [-0.1, -0.05) is 29.8 Å². The lowest BCUT2D eigenvalue weighted by molar-refractivity contribution is -0.118. The van der Waals surface area contributed by atoms with Crippen molar-refractivity contribution in [1.82, 2.24) is 0 Å². The molecular weight excluding hydrogens is 376 g/mol. The highest BCUT2D eigenvalue weighted by atomic mass is 35.5. The maximum Gasteiger partial charge on any atom is 0.262 e. The second-order valence-corrected chi connectivity index (χ2v) is 6.25. The summed E-state index contributed by atoms with van der Waals surface area (Å²) in [5.74, 6) is 1.07. The fourth-order valence-electron chi connectivity index (χ4n) is 2.39. The third-order valence-electron chi connectivity index (χ3n) is 3.81. The molecule has 1 N–H and O–H groups in total. The average Bonchev–Trinajstić information content (AvgIpc) is 2.73. The van der Waals surface area contributed by atoms with Gasteiger partial charge in [0.25, 0.3) is 5.91 Å². The minimum Gasteiger partial charge on any atom is -0.497 e. The van der Waals surface area contributed by atoms with Crippen molar-refractivity contribution in [3.05, 3.63) is 83.4 Å². The van der Waals surface area contributed by atoms with Crippen LogP contribution in [0.15, 0.2) is 77.8 Å². The minimum atomic E-state index is -0.281. The van der Waals surface area contributed by atoms with Gasteiger partial charge in [-0.05, 0) is 54.1 Å². The van der Waals surface area contributed by atoms with E-state index >= 15 is 0 Å². The Morgan fingerprint density at radius 1 is 1.04 bits per heavy atom. The predicted octanol–water partition coefficient (Wildman–Crippen LogP) is 5.12. The van der Waals surface area contributed by atoms with Crippen molar-refractivity contribution in [2.75, 3.05) is 19.0 Å². The van der Waals surface area contributed by atoms with E-state index in [1.807, 2.05) is 36.4 Å². The molecule has 3 rings (SSSR count). The molecule has 142 valence electrons. The van der Waals surface area contributed by atoms with Gasteiger partial charge >= 0.3 is 0 Å². The summed E-state index contributed by atoms with van der Waals surface area (Å²) in [5.41, 5.74) is 2.27. The zero-order valence-electron chi connectivity index (χ0n) is 15.3. The zero-order chi connectivity index (χ0) is 19.8. The average molecular weight is 395 g/mol. The van der Waals surface area contributed by atoms with E-state index in [0.717, 1.165) is 17.0 Å². The third kappa shape index (κ3) is 5.59. The van der Waals surface area contributed by atoms with Crippen LogP contribution in [0, 0.1) is 0 Å². The Bertz CT molecular complexity index is 972. The number of para-hydroxylation sites is 1. The summed E-state index contributed by atoms with van der Waals surface area (Å²) in [6, 6.07) is 21.9. The molecule has 0 fully saturated rings. The second-order valence-electron chi connectivity index (χ2n) is 5.85. The number of methoxy groups -OCH3 is 1. The number of hydrogen-bond acceptors (Lipinski definition) is 4. The molecule has 0 aliphatic rings. The number of anilines is 1. The lowest BCUT2D eigenvalue weighted by Crippen LogP contribution is -2.20. The monoisotopic (exact) mass is 394 g/mol. The van der Waals surface area contributed by atoms with Crippen LogP contribution in [0.25, 0.3) is 0 Å². The number of carbonyl (C=O) groups is 1. The van der Waals surface area contributed by atoms with Crippen LogP contribution in [0.4, 0.5) is 11.4 Å². The molecular formula is C22H19ClN2O3. The molecule has 6 heteroatoms. The van der Waals surface area contributed by atoms with Crippen molar-refractivity contribution in [2.45, 2.75) is 0 Å². The van der Waals surface area contributed by atoms with Gasteiger partial charge in [0.2, 0.25) is 0 Å². The molecule has 0 saturated heterocycles. The molecule has 0 aliphatic heterocycles. The Labute approximate surface area is 168 Å². The fraction of sp³-hybridized carbons (Fsp3) is 0.0909. The first-order valence-electron chi connectivity index (χ1n) is 8.59. The molecule has 0 bridgehead atoms. The lowest BCUT2D eigenvalue weighted by Gasteiger charge is -2.08. The molecule has 0 heterocycles. The largest absolute Gasteiger partial charge is 0.497 e. The van der Waals surface area contributed by atoms with Gasteiger partial charge < -0.3 is 14.8 Å². The standard InChI is InChI=1S/C22H19ClN2O3/c1-27-19-6-4-5-17(13-19)24-14-16-9-11-18(12-10-16)28-15-22(26)25-21-8-3-2-7-20(21)23/h2-14H,15H2,1H3,(H,25,26). The second kappa shape index (κ2) is 9.58. The number of benzene rings is 3. The van der Waals surface area contributed by atoms with E-state index < -0.39 is 0 Å². The van der Waals surface area contributed by atoms with Crippen molar-refractivity contribution in [3.8, 4) is 11.5 Å². The molecule has 0 saturated carbocycles. The summed E-state index contributed by atoms with van der Waals surface area (Å²) in [6.07, 6.45) is 1.75. The number of nitrogens with one attached hydrogen (secondary N) is 1. The Balaban J connectivity index is 1.53. The van der Waals surface area contributed by atoms with Gasteiger partial charge in [0, 0.05) is 12.3 Å². The third-order valence-corrected chi connectivity index (χ3v) is 4.14.